The third kappa shape index (κ3) is 3.97. The van der Waals surface area contributed by atoms with Crippen molar-refractivity contribution in [2.24, 2.45) is 0 Å². The predicted octanol–water partition coefficient (Wildman–Crippen LogP) is 0.137. The largest absolute Gasteiger partial charge is 0.340 e. The van der Waals surface area contributed by atoms with Crippen LogP contribution >= 0.6 is 23.1 Å². The molecule has 0 saturated carbocycles. The van der Waals surface area contributed by atoms with Gasteiger partial charge in [0.05, 0.1) is 0 Å². The molecule has 2 saturated heterocycles. The third-order valence-corrected chi connectivity index (χ3v) is 8.76. The molecular weight excluding hydrogens is 400 g/mol. The lowest BCUT2D eigenvalue weighted by molar-refractivity contribution is -0.132. The van der Waals surface area contributed by atoms with Gasteiger partial charge in [-0.25, -0.2) is 8.42 Å². The number of amides is 2. The van der Waals surface area contributed by atoms with Crippen LogP contribution in [-0.2, 0) is 14.8 Å². The maximum atomic E-state index is 12.7. The lowest BCUT2D eigenvalue weighted by atomic mass is 10.3. The van der Waals surface area contributed by atoms with Crippen LogP contribution in [0.2, 0.25) is 0 Å². The quantitative estimate of drug-likeness (QED) is 0.725. The molecule has 0 atom stereocenters. The van der Waals surface area contributed by atoms with Crippen molar-refractivity contribution >= 4 is 44.3 Å². The molecule has 144 valence electrons. The van der Waals surface area contributed by atoms with Crippen molar-refractivity contribution in [2.75, 3.05) is 45.0 Å². The molecule has 0 bridgehead atoms. The number of H-pyrrole nitrogens is 1. The van der Waals surface area contributed by atoms with Gasteiger partial charge in [0.2, 0.25) is 5.91 Å². The summed E-state index contributed by atoms with van der Waals surface area (Å²) in [7, 11) is -3.73. The van der Waals surface area contributed by atoms with Crippen molar-refractivity contribution in [1.29, 1.82) is 0 Å². The number of hydrogen-bond donors (Lipinski definition) is 1. The van der Waals surface area contributed by atoms with Crippen molar-refractivity contribution in [1.82, 2.24) is 19.1 Å². The summed E-state index contributed by atoms with van der Waals surface area (Å²) in [6.45, 7) is 3.62. The third-order valence-electron chi connectivity index (χ3n) is 4.39. The molecule has 0 aromatic carbocycles. The summed E-state index contributed by atoms with van der Waals surface area (Å²) in [6.07, 6.45) is 0.248. The lowest BCUT2D eigenvalue weighted by Crippen LogP contribution is -2.50. The van der Waals surface area contributed by atoms with Gasteiger partial charge in [0.25, 0.3) is 15.3 Å². The van der Waals surface area contributed by atoms with Gasteiger partial charge in [-0.05, 0) is 6.92 Å². The Morgan fingerprint density at radius 1 is 1.15 bits per heavy atom. The Morgan fingerprint density at radius 3 is 2.38 bits per heavy atom. The monoisotopic (exact) mass is 420 g/mol. The van der Waals surface area contributed by atoms with Gasteiger partial charge >= 0.3 is 4.87 Å². The van der Waals surface area contributed by atoms with Crippen molar-refractivity contribution < 1.29 is 18.0 Å². The fourth-order valence-electron chi connectivity index (χ4n) is 2.95. The van der Waals surface area contributed by atoms with Gasteiger partial charge in [-0.15, -0.1) is 0 Å². The van der Waals surface area contributed by atoms with Crippen LogP contribution < -0.4 is 4.87 Å². The highest BCUT2D eigenvalue weighted by Gasteiger charge is 2.33. The minimum absolute atomic E-state index is 0.00887. The molecule has 12 heteroatoms. The first-order valence-corrected chi connectivity index (χ1v) is 11.4. The molecule has 9 nitrogen and oxygen atoms in total. The highest BCUT2D eigenvalue weighted by Crippen LogP contribution is 2.22. The van der Waals surface area contributed by atoms with Gasteiger partial charge in [0.1, 0.15) is 0 Å². The van der Waals surface area contributed by atoms with E-state index in [2.05, 4.69) is 4.98 Å². The summed E-state index contributed by atoms with van der Waals surface area (Å²) in [4.78, 5) is 40.6. The molecule has 2 amide bonds. The van der Waals surface area contributed by atoms with Gasteiger partial charge in [0, 0.05) is 57.1 Å². The van der Waals surface area contributed by atoms with Crippen molar-refractivity contribution in [3.05, 3.63) is 15.4 Å². The van der Waals surface area contributed by atoms with Gasteiger partial charge < -0.3 is 14.8 Å². The SMILES string of the molecule is Cc1[nH]c(=O)sc1S(=O)(=O)N1CCN(C(=O)CCN2CCSC2=O)CC1. The zero-order chi connectivity index (χ0) is 18.9. The van der Waals surface area contributed by atoms with Gasteiger partial charge in [-0.3, -0.25) is 14.4 Å². The summed E-state index contributed by atoms with van der Waals surface area (Å²) < 4.78 is 26.7. The number of carbonyl (C=O) groups excluding carboxylic acids is 2. The van der Waals surface area contributed by atoms with E-state index in [1.165, 1.54) is 16.1 Å². The number of thioether (sulfide) groups is 1. The van der Waals surface area contributed by atoms with Crippen LogP contribution in [0.15, 0.2) is 9.00 Å². The molecule has 0 aliphatic carbocycles. The molecule has 1 aromatic rings. The van der Waals surface area contributed by atoms with E-state index in [4.69, 9.17) is 0 Å². The lowest BCUT2D eigenvalue weighted by Gasteiger charge is -2.34. The Hall–Kier alpha value is -1.37. The highest BCUT2D eigenvalue weighted by atomic mass is 32.2. The molecule has 26 heavy (non-hydrogen) atoms. The van der Waals surface area contributed by atoms with Gasteiger partial charge in [-0.2, -0.15) is 4.31 Å². The molecule has 1 N–H and O–H groups in total. The molecule has 3 heterocycles. The molecule has 2 fully saturated rings. The van der Waals surface area contributed by atoms with E-state index >= 15 is 0 Å². The summed E-state index contributed by atoms with van der Waals surface area (Å²) in [5.74, 6) is 0.683. The number of carbonyl (C=O) groups is 2. The van der Waals surface area contributed by atoms with E-state index in [0.717, 1.165) is 5.75 Å². The zero-order valence-corrected chi connectivity index (χ0v) is 16.7. The second-order valence-electron chi connectivity index (χ2n) is 6.06. The summed E-state index contributed by atoms with van der Waals surface area (Å²) in [5, 5.41) is 0.00887. The molecule has 0 unspecified atom stereocenters. The van der Waals surface area contributed by atoms with Gasteiger partial charge in [0.15, 0.2) is 4.21 Å². The topological polar surface area (TPSA) is 111 Å². The number of rotatable bonds is 5. The van der Waals surface area contributed by atoms with Crippen LogP contribution in [0.25, 0.3) is 0 Å². The van der Waals surface area contributed by atoms with Crippen LogP contribution in [0.3, 0.4) is 0 Å². The number of sulfonamides is 1. The first kappa shape index (κ1) is 19.4. The Balaban J connectivity index is 1.55. The maximum absolute atomic E-state index is 12.7. The second-order valence-corrected chi connectivity index (χ2v) is 10.2. The fourth-order valence-corrected chi connectivity index (χ4v) is 6.66. The van der Waals surface area contributed by atoms with Crippen LogP contribution in [0.1, 0.15) is 12.1 Å². The van der Waals surface area contributed by atoms with Crippen LogP contribution in [0.5, 0.6) is 0 Å². The first-order valence-electron chi connectivity index (χ1n) is 8.18. The number of hydrogen-bond acceptors (Lipinski definition) is 7. The number of piperazine rings is 1. The summed E-state index contributed by atoms with van der Waals surface area (Å²) >= 11 is 1.95. The maximum Gasteiger partial charge on any atom is 0.305 e. The standard InChI is InChI=1S/C14H20N4O5S3/c1-10-12(25-13(20)15-10)26(22,23)18-6-4-16(5-7-18)11(19)2-3-17-8-9-24-14(17)21/h2-9H2,1H3,(H,15,20). The van der Waals surface area contributed by atoms with Crippen LogP contribution in [0, 0.1) is 6.92 Å². The number of nitrogens with zero attached hydrogens (tertiary/aromatic N) is 3. The Labute approximate surface area is 159 Å². The average Bonchev–Trinajstić information content (AvgIpc) is 3.17. The van der Waals surface area contributed by atoms with Crippen LogP contribution in [0.4, 0.5) is 4.79 Å². The zero-order valence-electron chi connectivity index (χ0n) is 14.3. The molecule has 0 radical (unpaired) electrons. The Morgan fingerprint density at radius 2 is 1.85 bits per heavy atom. The van der Waals surface area contributed by atoms with E-state index in [1.807, 2.05) is 0 Å². The molecular formula is C14H20N4O5S3. The van der Waals surface area contributed by atoms with Crippen molar-refractivity contribution in [3.63, 3.8) is 0 Å². The van der Waals surface area contributed by atoms with E-state index in [-0.39, 0.29) is 34.9 Å². The van der Waals surface area contributed by atoms with Gasteiger partial charge in [-0.1, -0.05) is 23.1 Å². The number of aryl methyl sites for hydroxylation is 1. The van der Waals surface area contributed by atoms with Crippen molar-refractivity contribution in [2.45, 2.75) is 17.6 Å². The Kier molecular flexibility index (Phi) is 5.75. The summed E-state index contributed by atoms with van der Waals surface area (Å²) in [6, 6.07) is 0. The number of aromatic amines is 1. The minimum atomic E-state index is -3.73. The highest BCUT2D eigenvalue weighted by molar-refractivity contribution is 8.13. The number of thiazole rings is 1. The first-order chi connectivity index (χ1) is 12.3. The molecule has 0 spiro atoms. The number of nitrogens with one attached hydrogen (secondary N) is 1. The normalized spacial score (nSPS) is 19.3. The average molecular weight is 421 g/mol. The molecule has 2 aliphatic rings. The smallest absolute Gasteiger partial charge is 0.305 e. The molecule has 1 aromatic heterocycles. The van der Waals surface area contributed by atoms with Crippen LogP contribution in [-0.4, -0.2) is 83.7 Å². The molecule has 3 rings (SSSR count). The van der Waals surface area contributed by atoms with E-state index in [0.29, 0.717) is 43.2 Å². The Bertz CT molecular complexity index is 854. The molecule has 2 aliphatic heterocycles. The van der Waals surface area contributed by atoms with E-state index in [1.54, 1.807) is 16.7 Å². The van der Waals surface area contributed by atoms with E-state index in [9.17, 15) is 22.8 Å². The van der Waals surface area contributed by atoms with E-state index < -0.39 is 14.9 Å². The second kappa shape index (κ2) is 7.71. The summed E-state index contributed by atoms with van der Waals surface area (Å²) in [5.41, 5.74) is 0.339. The number of aromatic nitrogens is 1. The fraction of sp³-hybridized carbons (Fsp3) is 0.643. The minimum Gasteiger partial charge on any atom is -0.340 e. The predicted molar refractivity (Wildman–Crippen MR) is 99.1 cm³/mol. The van der Waals surface area contributed by atoms with Crippen molar-refractivity contribution in [3.8, 4) is 0 Å².